The van der Waals surface area contributed by atoms with Gasteiger partial charge in [0.25, 0.3) is 5.91 Å². The van der Waals surface area contributed by atoms with E-state index in [1.807, 2.05) is 97.1 Å². The molecule has 3 unspecified atom stereocenters. The summed E-state index contributed by atoms with van der Waals surface area (Å²) in [5.41, 5.74) is 4.36. The van der Waals surface area contributed by atoms with Crippen molar-refractivity contribution < 1.29 is 38.6 Å². The van der Waals surface area contributed by atoms with Gasteiger partial charge in [-0.15, -0.1) is 0 Å². The molecule has 13 nitrogen and oxygen atoms in total. The van der Waals surface area contributed by atoms with E-state index in [0.29, 0.717) is 64.9 Å². The number of alkyl carbamates (subject to hydrolysis) is 1. The minimum Gasteiger partial charge on any atom is -0.506 e. The van der Waals surface area contributed by atoms with Gasteiger partial charge in [0, 0.05) is 54.4 Å². The molecule has 64 heavy (non-hydrogen) atoms. The molecule has 3 aliphatic heterocycles. The maximum Gasteiger partial charge on any atom is 0.408 e. The van der Waals surface area contributed by atoms with Crippen molar-refractivity contribution in [1.29, 1.82) is 0 Å². The number of hydrogen-bond donors (Lipinski definition) is 6. The number of carbonyl (C=O) groups excluding carboxylic acids is 3. The third-order valence-corrected chi connectivity index (χ3v) is 12.5. The molecule has 2 amide bonds. The summed E-state index contributed by atoms with van der Waals surface area (Å²) in [7, 11) is 0. The van der Waals surface area contributed by atoms with E-state index in [-0.39, 0.29) is 53.7 Å². The molecule has 0 spiro atoms. The minimum absolute atomic E-state index is 0.0630. The standard InChI is InChI=1S/C51H53N5O8/c57-43-21-19-41(42-20-22-47(60)54-49(42)43)44(58)30-52-25-8-26-53-50(61)38-17-15-34(16-18-38)33-63-40-14-7-13-39(29-40)48(37-11-5-2-6-12-37)55-51(62)64-46-32-56(27-23-36(46)24-28-56)31-45(59)35-9-3-1-4-10-35/h1-7,9-22,29,36,44,46,48,52,58H,8,23-28,30-33H2,(H3-,53,54,55,57,60,61,62)/p+1. The predicted octanol–water partition coefficient (Wildman–Crippen LogP) is 6.56. The number of carbonyl (C=O) groups is 3. The molecule has 5 aromatic carbocycles. The zero-order chi connectivity index (χ0) is 44.5. The number of aliphatic hydroxyl groups excluding tert-OH is 1. The van der Waals surface area contributed by atoms with Crippen molar-refractivity contribution in [3.8, 4) is 11.5 Å². The van der Waals surface area contributed by atoms with E-state index in [1.165, 1.54) is 12.1 Å². The van der Waals surface area contributed by atoms with Gasteiger partial charge in [-0.3, -0.25) is 14.4 Å². The van der Waals surface area contributed by atoms with Crippen LogP contribution < -0.4 is 26.2 Å². The fourth-order valence-corrected chi connectivity index (χ4v) is 9.01. The number of fused-ring (bicyclic) bond motifs is 4. The molecule has 6 aromatic rings. The Hall–Kier alpha value is -6.80. The molecule has 4 heterocycles. The van der Waals surface area contributed by atoms with Crippen molar-refractivity contribution in [1.82, 2.24) is 20.9 Å². The first-order valence-corrected chi connectivity index (χ1v) is 21.9. The number of H-pyrrole nitrogens is 1. The number of benzene rings is 5. The van der Waals surface area contributed by atoms with Crippen molar-refractivity contribution in [3.63, 3.8) is 0 Å². The molecule has 1 aromatic heterocycles. The molecule has 330 valence electrons. The fraction of sp³-hybridized carbons (Fsp3) is 0.294. The van der Waals surface area contributed by atoms with Crippen LogP contribution in [0.3, 0.4) is 0 Å². The van der Waals surface area contributed by atoms with Crippen LogP contribution in [0.15, 0.2) is 138 Å². The van der Waals surface area contributed by atoms with Crippen molar-refractivity contribution in [3.05, 3.63) is 177 Å². The van der Waals surface area contributed by atoms with Gasteiger partial charge in [0.1, 0.15) is 31.2 Å². The zero-order valence-electron chi connectivity index (χ0n) is 35.6. The number of pyridine rings is 1. The van der Waals surface area contributed by atoms with Crippen LogP contribution in [0.1, 0.15) is 74.4 Å². The molecular weight excluding hydrogens is 811 g/mol. The number of amides is 2. The van der Waals surface area contributed by atoms with Gasteiger partial charge in [0.15, 0.2) is 6.10 Å². The van der Waals surface area contributed by atoms with Crippen molar-refractivity contribution in [2.45, 2.75) is 44.1 Å². The molecule has 2 bridgehead atoms. The first-order valence-electron chi connectivity index (χ1n) is 21.9. The Labute approximate surface area is 371 Å². The number of Topliss-reactive ketones (excluding diaryl/α,β-unsaturated/α-hetero) is 1. The van der Waals surface area contributed by atoms with Gasteiger partial charge in [-0.2, -0.15) is 0 Å². The van der Waals surface area contributed by atoms with Gasteiger partial charge in [0.2, 0.25) is 11.3 Å². The molecule has 3 atom stereocenters. The summed E-state index contributed by atoms with van der Waals surface area (Å²) in [6.07, 6.45) is 0.827. The van der Waals surface area contributed by atoms with Crippen molar-refractivity contribution in [2.24, 2.45) is 5.92 Å². The molecule has 3 saturated heterocycles. The lowest BCUT2D eigenvalue weighted by atomic mass is 9.83. The summed E-state index contributed by atoms with van der Waals surface area (Å²) in [5, 5.41) is 30.7. The normalized spacial score (nSPS) is 18.8. The van der Waals surface area contributed by atoms with E-state index < -0.39 is 18.2 Å². The van der Waals surface area contributed by atoms with Gasteiger partial charge in [-0.25, -0.2) is 4.79 Å². The Bertz CT molecular complexity index is 2610. The smallest absolute Gasteiger partial charge is 0.408 e. The van der Waals surface area contributed by atoms with Crippen LogP contribution in [0.4, 0.5) is 4.79 Å². The predicted molar refractivity (Wildman–Crippen MR) is 243 cm³/mol. The number of phenols is 1. The Morgan fingerprint density at radius 3 is 2.30 bits per heavy atom. The Balaban J connectivity index is 0.805. The molecule has 6 N–H and O–H groups in total. The van der Waals surface area contributed by atoms with Crippen LogP contribution in [0, 0.1) is 5.92 Å². The van der Waals surface area contributed by atoms with Crippen molar-refractivity contribution >= 4 is 28.7 Å². The number of aromatic amines is 1. The highest BCUT2D eigenvalue weighted by molar-refractivity contribution is 5.97. The summed E-state index contributed by atoms with van der Waals surface area (Å²) in [6, 6.07) is 39.5. The molecular formula is C51H54N5O8+. The molecule has 13 heteroatoms. The summed E-state index contributed by atoms with van der Waals surface area (Å²) < 4.78 is 13.0. The van der Waals surface area contributed by atoms with Crippen molar-refractivity contribution in [2.75, 3.05) is 45.8 Å². The van der Waals surface area contributed by atoms with E-state index in [4.69, 9.17) is 9.47 Å². The van der Waals surface area contributed by atoms with Gasteiger partial charge < -0.3 is 45.1 Å². The number of ketones is 1. The first-order chi connectivity index (χ1) is 31.1. The molecule has 0 saturated carbocycles. The largest absolute Gasteiger partial charge is 0.506 e. The zero-order valence-corrected chi connectivity index (χ0v) is 35.6. The van der Waals surface area contributed by atoms with Gasteiger partial charge in [-0.1, -0.05) is 91.0 Å². The van der Waals surface area contributed by atoms with E-state index >= 15 is 0 Å². The molecule has 3 fully saturated rings. The number of rotatable bonds is 18. The average Bonchev–Trinajstić information content (AvgIpc) is 3.32. The Morgan fingerprint density at radius 1 is 0.797 bits per heavy atom. The lowest BCUT2D eigenvalue weighted by molar-refractivity contribution is -0.938. The summed E-state index contributed by atoms with van der Waals surface area (Å²) in [4.78, 5) is 54.1. The molecule has 9 rings (SSSR count). The van der Waals surface area contributed by atoms with Crippen LogP contribution in [0.5, 0.6) is 11.5 Å². The average molecular weight is 865 g/mol. The van der Waals surface area contributed by atoms with E-state index in [1.54, 1.807) is 24.3 Å². The molecule has 3 aliphatic rings. The molecule has 0 aliphatic carbocycles. The van der Waals surface area contributed by atoms with E-state index in [2.05, 4.69) is 20.9 Å². The lowest BCUT2D eigenvalue weighted by Crippen LogP contribution is -2.66. The van der Waals surface area contributed by atoms with Gasteiger partial charge in [-0.05, 0) is 71.6 Å². The van der Waals surface area contributed by atoms with Crippen LogP contribution in [0.2, 0.25) is 0 Å². The second kappa shape index (κ2) is 20.1. The SMILES string of the molecule is O=C(NC(c1ccccc1)c1cccc(OCc2ccc(C(=O)NCCCNCC(O)c3ccc(O)c4[nH]c(=O)ccc34)cc2)c1)OC1C[N+]2(CC(=O)c3ccccc3)CCC1CC2. The van der Waals surface area contributed by atoms with Crippen LogP contribution >= 0.6 is 0 Å². The second-order valence-electron chi connectivity index (χ2n) is 16.9. The second-order valence-corrected chi connectivity index (χ2v) is 16.9. The van der Waals surface area contributed by atoms with Crippen LogP contribution in [0.25, 0.3) is 10.9 Å². The monoisotopic (exact) mass is 864 g/mol. The molecule has 0 radical (unpaired) electrons. The number of nitrogens with one attached hydrogen (secondary N) is 4. The topological polar surface area (TPSA) is 179 Å². The maximum atomic E-state index is 13.7. The number of nitrogens with zero attached hydrogens (tertiary/aromatic N) is 1. The van der Waals surface area contributed by atoms with Gasteiger partial charge >= 0.3 is 6.09 Å². The number of aromatic hydroxyl groups is 1. The quantitative estimate of drug-likeness (QED) is 0.0317. The number of aliphatic hydroxyl groups is 1. The highest BCUT2D eigenvalue weighted by atomic mass is 16.6. The third-order valence-electron chi connectivity index (χ3n) is 12.5. The van der Waals surface area contributed by atoms with Crippen LogP contribution in [-0.2, 0) is 11.3 Å². The highest BCUT2D eigenvalue weighted by Gasteiger charge is 2.48. The lowest BCUT2D eigenvalue weighted by Gasteiger charge is -2.51. The minimum atomic E-state index is -0.865. The van der Waals surface area contributed by atoms with E-state index in [9.17, 15) is 29.4 Å². The maximum absolute atomic E-state index is 13.7. The number of aromatic nitrogens is 1. The summed E-state index contributed by atoms with van der Waals surface area (Å²) in [5.74, 6) is 0.748. The Kier molecular flexibility index (Phi) is 13.8. The number of quaternary nitrogens is 1. The number of hydrogen-bond acceptors (Lipinski definition) is 9. The third kappa shape index (κ3) is 10.7. The fourth-order valence-electron chi connectivity index (χ4n) is 9.01. The van der Waals surface area contributed by atoms with E-state index in [0.717, 1.165) is 42.6 Å². The van der Waals surface area contributed by atoms with Gasteiger partial charge in [0.05, 0.1) is 30.8 Å². The first kappa shape index (κ1) is 43.8. The number of piperidine rings is 3. The number of phenolic OH excluding ortho intramolecular Hbond substituents is 1. The highest BCUT2D eigenvalue weighted by Crippen LogP contribution is 2.36. The number of ether oxygens (including phenoxy) is 2. The Morgan fingerprint density at radius 2 is 1.53 bits per heavy atom. The summed E-state index contributed by atoms with van der Waals surface area (Å²) in [6.45, 7) is 4.35. The van der Waals surface area contributed by atoms with Crippen LogP contribution in [-0.4, -0.2) is 89.4 Å². The summed E-state index contributed by atoms with van der Waals surface area (Å²) >= 11 is 0.